The minimum Gasteiger partial charge on any atom is -0.389 e. The van der Waals surface area contributed by atoms with E-state index in [1.165, 1.54) is 12.1 Å². The van der Waals surface area contributed by atoms with Crippen molar-refractivity contribution in [3.8, 4) is 0 Å². The van der Waals surface area contributed by atoms with E-state index in [4.69, 9.17) is 4.74 Å². The molecule has 0 bridgehead atoms. The van der Waals surface area contributed by atoms with Gasteiger partial charge in [0.05, 0.1) is 12.7 Å². The predicted octanol–water partition coefficient (Wildman–Crippen LogP) is 3.18. The lowest BCUT2D eigenvalue weighted by Crippen LogP contribution is -2.25. The molecule has 0 radical (unpaired) electrons. The summed E-state index contributed by atoms with van der Waals surface area (Å²) in [6.45, 7) is 3.45. The van der Waals surface area contributed by atoms with Crippen LogP contribution in [0.4, 0.5) is 10.1 Å². The van der Waals surface area contributed by atoms with Crippen LogP contribution >= 0.6 is 15.9 Å². The van der Waals surface area contributed by atoms with Crippen molar-refractivity contribution in [3.63, 3.8) is 0 Å². The predicted molar refractivity (Wildman–Crippen MR) is 74.3 cm³/mol. The molecule has 5 heteroatoms. The number of benzene rings is 1. The lowest BCUT2D eigenvalue weighted by Gasteiger charge is -2.14. The van der Waals surface area contributed by atoms with Gasteiger partial charge in [-0.25, -0.2) is 4.39 Å². The van der Waals surface area contributed by atoms with Gasteiger partial charge in [0.15, 0.2) is 0 Å². The van der Waals surface area contributed by atoms with Gasteiger partial charge in [-0.3, -0.25) is 0 Å². The van der Waals surface area contributed by atoms with Gasteiger partial charge >= 0.3 is 0 Å². The molecule has 18 heavy (non-hydrogen) atoms. The van der Waals surface area contributed by atoms with E-state index in [0.29, 0.717) is 24.2 Å². The largest absolute Gasteiger partial charge is 0.389 e. The molecule has 0 heterocycles. The smallest absolute Gasteiger partial charge is 0.124 e. The zero-order valence-electron chi connectivity index (χ0n) is 10.5. The quantitative estimate of drug-likeness (QED) is 0.723. The highest BCUT2D eigenvalue weighted by atomic mass is 79.9. The SMILES string of the molecule is CCCCOCC(O)CNc1ccc(F)cc1Br. The number of hydrogen-bond acceptors (Lipinski definition) is 3. The van der Waals surface area contributed by atoms with Crippen LogP contribution in [0.25, 0.3) is 0 Å². The van der Waals surface area contributed by atoms with Gasteiger partial charge in [0, 0.05) is 23.3 Å². The average molecular weight is 320 g/mol. The Kier molecular flexibility index (Phi) is 7.23. The summed E-state index contributed by atoms with van der Waals surface area (Å²) in [4.78, 5) is 0. The van der Waals surface area contributed by atoms with Gasteiger partial charge in [-0.15, -0.1) is 0 Å². The Hall–Kier alpha value is -0.650. The van der Waals surface area contributed by atoms with E-state index < -0.39 is 6.10 Å². The Labute approximate surface area is 115 Å². The van der Waals surface area contributed by atoms with Crippen LogP contribution in [0.1, 0.15) is 19.8 Å². The van der Waals surface area contributed by atoms with Gasteiger partial charge in [0.25, 0.3) is 0 Å². The number of halogens is 2. The Morgan fingerprint density at radius 2 is 2.28 bits per heavy atom. The van der Waals surface area contributed by atoms with Crippen molar-refractivity contribution >= 4 is 21.6 Å². The Bertz CT molecular complexity index is 363. The lowest BCUT2D eigenvalue weighted by atomic mass is 10.3. The van der Waals surface area contributed by atoms with E-state index in [-0.39, 0.29) is 5.82 Å². The average Bonchev–Trinajstić information content (AvgIpc) is 2.33. The van der Waals surface area contributed by atoms with Gasteiger partial charge < -0.3 is 15.2 Å². The van der Waals surface area contributed by atoms with Crippen LogP contribution in [0.5, 0.6) is 0 Å². The minimum absolute atomic E-state index is 0.295. The van der Waals surface area contributed by atoms with Crippen molar-refractivity contribution in [2.24, 2.45) is 0 Å². The van der Waals surface area contributed by atoms with Gasteiger partial charge in [-0.05, 0) is 40.5 Å². The molecule has 0 aliphatic heterocycles. The summed E-state index contributed by atoms with van der Waals surface area (Å²) in [6, 6.07) is 4.38. The molecule has 1 aromatic carbocycles. The van der Waals surface area contributed by atoms with E-state index >= 15 is 0 Å². The summed E-state index contributed by atoms with van der Waals surface area (Å²) < 4.78 is 18.8. The fourth-order valence-corrected chi connectivity index (χ4v) is 1.88. The van der Waals surface area contributed by atoms with E-state index in [9.17, 15) is 9.50 Å². The maximum Gasteiger partial charge on any atom is 0.124 e. The topological polar surface area (TPSA) is 41.5 Å². The molecule has 0 saturated carbocycles. The number of aliphatic hydroxyl groups is 1. The molecule has 0 aliphatic carbocycles. The van der Waals surface area contributed by atoms with Crippen molar-refractivity contribution < 1.29 is 14.2 Å². The monoisotopic (exact) mass is 319 g/mol. The third-order valence-corrected chi connectivity index (χ3v) is 3.07. The molecule has 0 spiro atoms. The summed E-state index contributed by atoms with van der Waals surface area (Å²) in [5.74, 6) is -0.295. The highest BCUT2D eigenvalue weighted by Gasteiger charge is 2.06. The molecule has 102 valence electrons. The highest BCUT2D eigenvalue weighted by Crippen LogP contribution is 2.22. The fraction of sp³-hybridized carbons (Fsp3) is 0.538. The molecule has 3 nitrogen and oxygen atoms in total. The van der Waals surface area contributed by atoms with E-state index in [0.717, 1.165) is 18.5 Å². The zero-order chi connectivity index (χ0) is 13.4. The first-order valence-corrected chi connectivity index (χ1v) is 6.87. The highest BCUT2D eigenvalue weighted by molar-refractivity contribution is 9.10. The summed E-state index contributed by atoms with van der Waals surface area (Å²) >= 11 is 3.26. The molecule has 1 rings (SSSR count). The maximum atomic E-state index is 12.9. The summed E-state index contributed by atoms with van der Waals surface area (Å²) in [7, 11) is 0. The number of hydrogen-bond donors (Lipinski definition) is 2. The third-order valence-electron chi connectivity index (χ3n) is 2.41. The minimum atomic E-state index is -0.571. The van der Waals surface area contributed by atoms with Crippen LogP contribution in [0.15, 0.2) is 22.7 Å². The second-order valence-electron chi connectivity index (χ2n) is 4.09. The van der Waals surface area contributed by atoms with Gasteiger partial charge in [0.1, 0.15) is 5.82 Å². The van der Waals surface area contributed by atoms with Crippen molar-refractivity contribution in [2.75, 3.05) is 25.1 Å². The second-order valence-corrected chi connectivity index (χ2v) is 4.94. The molecule has 1 aromatic rings. The molecule has 0 aliphatic rings. The Balaban J connectivity index is 2.27. The van der Waals surface area contributed by atoms with Gasteiger partial charge in [0.2, 0.25) is 0 Å². The first-order chi connectivity index (χ1) is 8.63. The first kappa shape index (κ1) is 15.4. The van der Waals surface area contributed by atoms with Gasteiger partial charge in [-0.1, -0.05) is 13.3 Å². The number of unbranched alkanes of at least 4 members (excludes halogenated alkanes) is 1. The first-order valence-electron chi connectivity index (χ1n) is 6.08. The normalized spacial score (nSPS) is 12.4. The van der Waals surface area contributed by atoms with E-state index in [2.05, 4.69) is 28.2 Å². The van der Waals surface area contributed by atoms with Crippen molar-refractivity contribution in [1.29, 1.82) is 0 Å². The van der Waals surface area contributed by atoms with Crippen molar-refractivity contribution in [3.05, 3.63) is 28.5 Å². The van der Waals surface area contributed by atoms with Crippen LogP contribution in [0, 0.1) is 5.82 Å². The van der Waals surface area contributed by atoms with E-state index in [1.807, 2.05) is 0 Å². The number of ether oxygens (including phenoxy) is 1. The molecule has 2 N–H and O–H groups in total. The Morgan fingerprint density at radius 1 is 1.50 bits per heavy atom. The number of rotatable bonds is 8. The van der Waals surface area contributed by atoms with Crippen molar-refractivity contribution in [1.82, 2.24) is 0 Å². The summed E-state index contributed by atoms with van der Waals surface area (Å²) in [6.07, 6.45) is 1.51. The summed E-state index contributed by atoms with van der Waals surface area (Å²) in [5, 5.41) is 12.7. The molecule has 0 aromatic heterocycles. The molecule has 0 fully saturated rings. The summed E-state index contributed by atoms with van der Waals surface area (Å²) in [5.41, 5.74) is 0.754. The number of anilines is 1. The number of nitrogens with one attached hydrogen (secondary N) is 1. The fourth-order valence-electron chi connectivity index (χ4n) is 1.39. The zero-order valence-corrected chi connectivity index (χ0v) is 12.0. The third kappa shape index (κ3) is 5.80. The molecule has 0 saturated heterocycles. The molecule has 0 amide bonds. The second kappa shape index (κ2) is 8.45. The molecule has 1 unspecified atom stereocenters. The van der Waals surface area contributed by atoms with Crippen LogP contribution in [0.3, 0.4) is 0 Å². The van der Waals surface area contributed by atoms with E-state index in [1.54, 1.807) is 6.07 Å². The maximum absolute atomic E-state index is 12.9. The molecule has 1 atom stereocenters. The number of aliphatic hydroxyl groups excluding tert-OH is 1. The van der Waals surface area contributed by atoms with Crippen molar-refractivity contribution in [2.45, 2.75) is 25.9 Å². The van der Waals surface area contributed by atoms with Crippen LogP contribution in [-0.4, -0.2) is 31.0 Å². The van der Waals surface area contributed by atoms with Crippen LogP contribution < -0.4 is 5.32 Å². The van der Waals surface area contributed by atoms with Crippen LogP contribution in [0.2, 0.25) is 0 Å². The lowest BCUT2D eigenvalue weighted by molar-refractivity contribution is 0.0421. The standard InChI is InChI=1S/C13H19BrFNO2/c1-2-3-6-18-9-11(17)8-16-13-5-4-10(15)7-12(13)14/h4-5,7,11,16-17H,2-3,6,8-9H2,1H3. The molecular weight excluding hydrogens is 301 g/mol. The van der Waals surface area contributed by atoms with Crippen LogP contribution in [-0.2, 0) is 4.74 Å². The Morgan fingerprint density at radius 3 is 2.94 bits per heavy atom. The molecular formula is C13H19BrFNO2. The van der Waals surface area contributed by atoms with Gasteiger partial charge in [-0.2, -0.15) is 0 Å².